The van der Waals surface area contributed by atoms with Crippen LogP contribution in [0.1, 0.15) is 38.6 Å². The van der Waals surface area contributed by atoms with Gasteiger partial charge in [-0.25, -0.2) is 0 Å². The highest BCUT2D eigenvalue weighted by molar-refractivity contribution is 5.03. The standard InChI is InChI=1S/C11H18O3/c1-3-6-9(13-4-2)11(12)10-7-5-8-14-10/h5,7-9,11-12H,3-4,6H2,1-2H3. The first-order valence-corrected chi connectivity index (χ1v) is 5.12. The highest BCUT2D eigenvalue weighted by Crippen LogP contribution is 2.22. The zero-order chi connectivity index (χ0) is 10.4. The Bertz CT molecular complexity index is 225. The molecule has 14 heavy (non-hydrogen) atoms. The van der Waals surface area contributed by atoms with Crippen molar-refractivity contribution in [2.75, 3.05) is 6.61 Å². The molecule has 0 radical (unpaired) electrons. The Hall–Kier alpha value is -0.800. The summed E-state index contributed by atoms with van der Waals surface area (Å²) < 4.78 is 10.6. The topological polar surface area (TPSA) is 42.6 Å². The number of furan rings is 1. The van der Waals surface area contributed by atoms with Crippen LogP contribution in [0.3, 0.4) is 0 Å². The van der Waals surface area contributed by atoms with Gasteiger partial charge in [-0.1, -0.05) is 13.3 Å². The van der Waals surface area contributed by atoms with E-state index >= 15 is 0 Å². The molecule has 0 aliphatic carbocycles. The quantitative estimate of drug-likeness (QED) is 0.763. The van der Waals surface area contributed by atoms with Crippen molar-refractivity contribution in [1.82, 2.24) is 0 Å². The van der Waals surface area contributed by atoms with Gasteiger partial charge < -0.3 is 14.3 Å². The molecule has 3 nitrogen and oxygen atoms in total. The number of aliphatic hydroxyl groups is 1. The van der Waals surface area contributed by atoms with Crippen LogP contribution in [-0.4, -0.2) is 17.8 Å². The molecule has 0 saturated carbocycles. The summed E-state index contributed by atoms with van der Waals surface area (Å²) in [6.45, 7) is 4.61. The van der Waals surface area contributed by atoms with Crippen LogP contribution in [0.2, 0.25) is 0 Å². The molecule has 0 fully saturated rings. The first-order valence-electron chi connectivity index (χ1n) is 5.12. The normalized spacial score (nSPS) is 15.4. The van der Waals surface area contributed by atoms with Gasteiger partial charge in [-0.3, -0.25) is 0 Å². The van der Waals surface area contributed by atoms with Crippen LogP contribution in [0.25, 0.3) is 0 Å². The van der Waals surface area contributed by atoms with Crippen LogP contribution < -0.4 is 0 Å². The average Bonchev–Trinajstić information content (AvgIpc) is 2.69. The minimum Gasteiger partial charge on any atom is -0.466 e. The number of rotatable bonds is 6. The molecule has 0 spiro atoms. The van der Waals surface area contributed by atoms with E-state index < -0.39 is 6.10 Å². The van der Waals surface area contributed by atoms with Gasteiger partial charge in [0.05, 0.1) is 12.4 Å². The molecule has 0 bridgehead atoms. The van der Waals surface area contributed by atoms with Crippen molar-refractivity contribution in [2.45, 2.75) is 38.9 Å². The lowest BCUT2D eigenvalue weighted by Crippen LogP contribution is -2.21. The Morgan fingerprint density at radius 3 is 2.79 bits per heavy atom. The van der Waals surface area contributed by atoms with Crippen molar-refractivity contribution < 1.29 is 14.3 Å². The van der Waals surface area contributed by atoms with Gasteiger partial charge in [0.2, 0.25) is 0 Å². The largest absolute Gasteiger partial charge is 0.466 e. The molecule has 2 atom stereocenters. The van der Waals surface area contributed by atoms with Gasteiger partial charge in [0, 0.05) is 6.61 Å². The summed E-state index contributed by atoms with van der Waals surface area (Å²) in [7, 11) is 0. The van der Waals surface area contributed by atoms with Gasteiger partial charge in [-0.2, -0.15) is 0 Å². The van der Waals surface area contributed by atoms with Gasteiger partial charge in [-0.05, 0) is 25.5 Å². The molecule has 2 unspecified atom stereocenters. The minimum absolute atomic E-state index is 0.156. The lowest BCUT2D eigenvalue weighted by atomic mass is 10.1. The second-order valence-electron chi connectivity index (χ2n) is 3.24. The Labute approximate surface area is 84.7 Å². The zero-order valence-electron chi connectivity index (χ0n) is 8.77. The van der Waals surface area contributed by atoms with Crippen molar-refractivity contribution in [3.63, 3.8) is 0 Å². The molecule has 0 aromatic carbocycles. The fourth-order valence-electron chi connectivity index (χ4n) is 1.47. The molecule has 80 valence electrons. The van der Waals surface area contributed by atoms with Crippen molar-refractivity contribution >= 4 is 0 Å². The lowest BCUT2D eigenvalue weighted by Gasteiger charge is -2.20. The number of hydrogen-bond donors (Lipinski definition) is 1. The molecule has 0 saturated heterocycles. The Morgan fingerprint density at radius 2 is 2.29 bits per heavy atom. The summed E-state index contributed by atoms with van der Waals surface area (Å²) in [5.41, 5.74) is 0. The van der Waals surface area contributed by atoms with E-state index in [2.05, 4.69) is 6.92 Å². The number of aliphatic hydroxyl groups excluding tert-OH is 1. The fraction of sp³-hybridized carbons (Fsp3) is 0.636. The summed E-state index contributed by atoms with van der Waals surface area (Å²) in [6.07, 6.45) is 2.59. The molecule has 0 aliphatic heterocycles. The number of ether oxygens (including phenoxy) is 1. The second kappa shape index (κ2) is 5.83. The highest BCUT2D eigenvalue weighted by Gasteiger charge is 2.22. The van der Waals surface area contributed by atoms with E-state index in [0.717, 1.165) is 12.8 Å². The molecular formula is C11H18O3. The second-order valence-corrected chi connectivity index (χ2v) is 3.24. The van der Waals surface area contributed by atoms with Crippen molar-refractivity contribution in [3.05, 3.63) is 24.2 Å². The van der Waals surface area contributed by atoms with E-state index in [-0.39, 0.29) is 6.10 Å². The van der Waals surface area contributed by atoms with Crippen LogP contribution in [-0.2, 0) is 4.74 Å². The average molecular weight is 198 g/mol. The molecule has 0 aliphatic rings. The maximum absolute atomic E-state index is 9.91. The molecular weight excluding hydrogens is 180 g/mol. The van der Waals surface area contributed by atoms with E-state index in [0.29, 0.717) is 12.4 Å². The third-order valence-corrected chi connectivity index (χ3v) is 2.14. The van der Waals surface area contributed by atoms with Crippen LogP contribution in [0.4, 0.5) is 0 Å². The smallest absolute Gasteiger partial charge is 0.138 e. The fourth-order valence-corrected chi connectivity index (χ4v) is 1.47. The third-order valence-electron chi connectivity index (χ3n) is 2.14. The van der Waals surface area contributed by atoms with Gasteiger partial charge in [0.15, 0.2) is 0 Å². The Balaban J connectivity index is 2.58. The van der Waals surface area contributed by atoms with Crippen molar-refractivity contribution in [1.29, 1.82) is 0 Å². The lowest BCUT2D eigenvalue weighted by molar-refractivity contribution is -0.0468. The molecule has 1 heterocycles. The van der Waals surface area contributed by atoms with Crippen LogP contribution in [0.5, 0.6) is 0 Å². The number of hydrogen-bond acceptors (Lipinski definition) is 3. The summed E-state index contributed by atoms with van der Waals surface area (Å²) in [6, 6.07) is 3.54. The van der Waals surface area contributed by atoms with Crippen molar-refractivity contribution in [2.24, 2.45) is 0 Å². The van der Waals surface area contributed by atoms with E-state index in [1.165, 1.54) is 0 Å². The van der Waals surface area contributed by atoms with E-state index in [9.17, 15) is 5.11 Å². The van der Waals surface area contributed by atoms with Gasteiger partial charge in [0.1, 0.15) is 11.9 Å². The highest BCUT2D eigenvalue weighted by atomic mass is 16.5. The predicted octanol–water partition coefficient (Wildman–Crippen LogP) is 2.52. The van der Waals surface area contributed by atoms with Crippen LogP contribution in [0.15, 0.2) is 22.8 Å². The summed E-state index contributed by atoms with van der Waals surface area (Å²) in [4.78, 5) is 0. The molecule has 3 heteroatoms. The summed E-state index contributed by atoms with van der Waals surface area (Å²) >= 11 is 0. The minimum atomic E-state index is -0.648. The maximum atomic E-state index is 9.91. The third kappa shape index (κ3) is 2.86. The summed E-state index contributed by atoms with van der Waals surface area (Å²) in [5, 5.41) is 9.91. The van der Waals surface area contributed by atoms with E-state index in [1.54, 1.807) is 18.4 Å². The Morgan fingerprint density at radius 1 is 1.50 bits per heavy atom. The van der Waals surface area contributed by atoms with Crippen LogP contribution in [0, 0.1) is 0 Å². The summed E-state index contributed by atoms with van der Waals surface area (Å²) in [5.74, 6) is 0.580. The van der Waals surface area contributed by atoms with E-state index in [1.807, 2.05) is 6.92 Å². The Kier molecular flexibility index (Phi) is 4.70. The van der Waals surface area contributed by atoms with Gasteiger partial charge in [-0.15, -0.1) is 0 Å². The molecule has 0 amide bonds. The maximum Gasteiger partial charge on any atom is 0.138 e. The SMILES string of the molecule is CCCC(OCC)C(O)c1ccco1. The molecule has 1 rings (SSSR count). The first-order chi connectivity index (χ1) is 6.79. The van der Waals surface area contributed by atoms with Gasteiger partial charge in [0.25, 0.3) is 0 Å². The van der Waals surface area contributed by atoms with Crippen molar-refractivity contribution in [3.8, 4) is 0 Å². The molecule has 1 N–H and O–H groups in total. The predicted molar refractivity (Wildman–Crippen MR) is 54.0 cm³/mol. The van der Waals surface area contributed by atoms with E-state index in [4.69, 9.17) is 9.15 Å². The molecule has 1 aromatic rings. The van der Waals surface area contributed by atoms with Gasteiger partial charge >= 0.3 is 0 Å². The molecule has 1 aromatic heterocycles. The monoisotopic (exact) mass is 198 g/mol. The zero-order valence-corrected chi connectivity index (χ0v) is 8.77. The van der Waals surface area contributed by atoms with Crippen LogP contribution >= 0.6 is 0 Å². The first kappa shape index (κ1) is 11.3.